The van der Waals surface area contributed by atoms with Gasteiger partial charge in [-0.2, -0.15) is 0 Å². The first-order valence-electron chi connectivity index (χ1n) is 7.30. The smallest absolute Gasteiger partial charge is 0.0702 e. The van der Waals surface area contributed by atoms with Crippen molar-refractivity contribution >= 4 is 0 Å². The molecule has 1 rings (SSSR count). The molecule has 0 amide bonds. The van der Waals surface area contributed by atoms with Crippen LogP contribution in [-0.4, -0.2) is 43.8 Å². The van der Waals surface area contributed by atoms with Gasteiger partial charge >= 0.3 is 0 Å². The Kier molecular flexibility index (Phi) is 7.82. The van der Waals surface area contributed by atoms with Gasteiger partial charge in [0.15, 0.2) is 0 Å². The molecule has 0 radical (unpaired) electrons. The fourth-order valence-electron chi connectivity index (χ4n) is 2.60. The molecule has 0 spiro atoms. The highest BCUT2D eigenvalue weighted by Crippen LogP contribution is 2.16. The van der Waals surface area contributed by atoms with Crippen molar-refractivity contribution < 1.29 is 4.74 Å². The molecule has 1 aliphatic heterocycles. The highest BCUT2D eigenvalue weighted by molar-refractivity contribution is 4.74. The second-order valence-electron chi connectivity index (χ2n) is 5.43. The first-order chi connectivity index (χ1) is 8.26. The van der Waals surface area contributed by atoms with E-state index in [2.05, 4.69) is 18.7 Å². The number of hydrogen-bond donors (Lipinski definition) is 1. The standard InChI is InChI=1S/C14H30N2O/c1-3-10-17-14-7-5-9-16(12-14)11-13(2)6-4-8-15/h13-14H,3-12,15H2,1-2H3. The topological polar surface area (TPSA) is 38.5 Å². The van der Waals surface area contributed by atoms with Gasteiger partial charge in [0.2, 0.25) is 0 Å². The maximum absolute atomic E-state index is 5.86. The zero-order valence-electron chi connectivity index (χ0n) is 11.7. The molecule has 0 bridgehead atoms. The van der Waals surface area contributed by atoms with Crippen LogP contribution in [-0.2, 0) is 4.74 Å². The molecule has 1 saturated heterocycles. The quantitative estimate of drug-likeness (QED) is 0.709. The van der Waals surface area contributed by atoms with Gasteiger partial charge in [0, 0.05) is 19.7 Å². The predicted molar refractivity (Wildman–Crippen MR) is 73.2 cm³/mol. The van der Waals surface area contributed by atoms with Gasteiger partial charge in [-0.3, -0.25) is 0 Å². The number of nitrogens with zero attached hydrogens (tertiary/aromatic N) is 1. The summed E-state index contributed by atoms with van der Waals surface area (Å²) in [6.45, 7) is 9.85. The van der Waals surface area contributed by atoms with Crippen LogP contribution >= 0.6 is 0 Å². The van der Waals surface area contributed by atoms with Crippen LogP contribution in [0.4, 0.5) is 0 Å². The molecule has 17 heavy (non-hydrogen) atoms. The van der Waals surface area contributed by atoms with Gasteiger partial charge in [0.1, 0.15) is 0 Å². The molecule has 0 saturated carbocycles. The maximum Gasteiger partial charge on any atom is 0.0702 e. The summed E-state index contributed by atoms with van der Waals surface area (Å²) in [5.74, 6) is 0.767. The summed E-state index contributed by atoms with van der Waals surface area (Å²) in [7, 11) is 0. The monoisotopic (exact) mass is 242 g/mol. The van der Waals surface area contributed by atoms with Crippen molar-refractivity contribution in [2.24, 2.45) is 11.7 Å². The molecule has 2 unspecified atom stereocenters. The number of nitrogens with two attached hydrogens (primary N) is 1. The Labute approximate surface area is 107 Å². The van der Waals surface area contributed by atoms with E-state index in [1.165, 1.54) is 32.4 Å². The lowest BCUT2D eigenvalue weighted by Crippen LogP contribution is -2.41. The molecule has 2 atom stereocenters. The highest BCUT2D eigenvalue weighted by Gasteiger charge is 2.21. The zero-order valence-corrected chi connectivity index (χ0v) is 11.7. The van der Waals surface area contributed by atoms with Gasteiger partial charge in [-0.25, -0.2) is 0 Å². The minimum Gasteiger partial charge on any atom is -0.377 e. The van der Waals surface area contributed by atoms with E-state index >= 15 is 0 Å². The molecule has 3 heteroatoms. The van der Waals surface area contributed by atoms with E-state index < -0.39 is 0 Å². The van der Waals surface area contributed by atoms with Gasteiger partial charge in [-0.1, -0.05) is 13.8 Å². The predicted octanol–water partition coefficient (Wildman–Crippen LogP) is 2.25. The molecule has 1 fully saturated rings. The van der Waals surface area contributed by atoms with Crippen LogP contribution in [0.1, 0.15) is 46.0 Å². The van der Waals surface area contributed by atoms with Crippen LogP contribution in [0.2, 0.25) is 0 Å². The van der Waals surface area contributed by atoms with Crippen LogP contribution in [0.15, 0.2) is 0 Å². The van der Waals surface area contributed by atoms with Crippen molar-refractivity contribution in [3.63, 3.8) is 0 Å². The third kappa shape index (κ3) is 6.39. The van der Waals surface area contributed by atoms with Crippen molar-refractivity contribution in [2.45, 2.75) is 52.1 Å². The average Bonchev–Trinajstić information content (AvgIpc) is 2.34. The number of likely N-dealkylation sites (tertiary alicyclic amines) is 1. The molecule has 0 aliphatic carbocycles. The zero-order chi connectivity index (χ0) is 12.5. The molecule has 0 aromatic rings. The Hall–Kier alpha value is -0.120. The van der Waals surface area contributed by atoms with Crippen molar-refractivity contribution in [2.75, 3.05) is 32.8 Å². The van der Waals surface area contributed by atoms with Gasteiger partial charge in [-0.05, 0) is 51.1 Å². The van der Waals surface area contributed by atoms with Crippen LogP contribution in [0.5, 0.6) is 0 Å². The second kappa shape index (κ2) is 8.90. The summed E-state index contributed by atoms with van der Waals surface area (Å²) in [5, 5.41) is 0. The largest absolute Gasteiger partial charge is 0.377 e. The minimum atomic E-state index is 0.477. The second-order valence-corrected chi connectivity index (χ2v) is 5.43. The van der Waals surface area contributed by atoms with Gasteiger partial charge in [0.05, 0.1) is 6.10 Å². The fourth-order valence-corrected chi connectivity index (χ4v) is 2.60. The molecular formula is C14H30N2O. The Balaban J connectivity index is 2.19. The highest BCUT2D eigenvalue weighted by atomic mass is 16.5. The van der Waals surface area contributed by atoms with Crippen molar-refractivity contribution in [3.8, 4) is 0 Å². The van der Waals surface area contributed by atoms with Gasteiger partial charge < -0.3 is 15.4 Å². The van der Waals surface area contributed by atoms with E-state index in [1.807, 2.05) is 0 Å². The molecule has 1 aliphatic rings. The van der Waals surface area contributed by atoms with E-state index in [0.717, 1.165) is 38.5 Å². The SMILES string of the molecule is CCCOC1CCCN(CC(C)CCCN)C1. The van der Waals surface area contributed by atoms with E-state index in [1.54, 1.807) is 0 Å². The summed E-state index contributed by atoms with van der Waals surface area (Å²) in [6.07, 6.45) is 6.55. The van der Waals surface area contributed by atoms with Gasteiger partial charge in [0.25, 0.3) is 0 Å². The van der Waals surface area contributed by atoms with Crippen molar-refractivity contribution in [1.82, 2.24) is 4.90 Å². The third-order valence-electron chi connectivity index (χ3n) is 3.49. The van der Waals surface area contributed by atoms with Crippen LogP contribution in [0.3, 0.4) is 0 Å². The molecule has 0 aromatic carbocycles. The number of ether oxygens (including phenoxy) is 1. The Morgan fingerprint density at radius 3 is 3.00 bits per heavy atom. The van der Waals surface area contributed by atoms with E-state index in [-0.39, 0.29) is 0 Å². The summed E-state index contributed by atoms with van der Waals surface area (Å²) >= 11 is 0. The average molecular weight is 242 g/mol. The van der Waals surface area contributed by atoms with Gasteiger partial charge in [-0.15, -0.1) is 0 Å². The fraction of sp³-hybridized carbons (Fsp3) is 1.00. The van der Waals surface area contributed by atoms with Crippen LogP contribution < -0.4 is 5.73 Å². The molecular weight excluding hydrogens is 212 g/mol. The third-order valence-corrected chi connectivity index (χ3v) is 3.49. The molecule has 2 N–H and O–H groups in total. The molecule has 0 aromatic heterocycles. The maximum atomic E-state index is 5.86. The van der Waals surface area contributed by atoms with Crippen LogP contribution in [0, 0.1) is 5.92 Å². The Bertz CT molecular complexity index is 185. The van der Waals surface area contributed by atoms with Crippen molar-refractivity contribution in [3.05, 3.63) is 0 Å². The molecule has 102 valence electrons. The minimum absolute atomic E-state index is 0.477. The number of piperidine rings is 1. The van der Waals surface area contributed by atoms with Crippen LogP contribution in [0.25, 0.3) is 0 Å². The molecule has 1 heterocycles. The number of rotatable bonds is 8. The molecule has 3 nitrogen and oxygen atoms in total. The van der Waals surface area contributed by atoms with E-state index in [9.17, 15) is 0 Å². The number of hydrogen-bond acceptors (Lipinski definition) is 3. The first-order valence-corrected chi connectivity index (χ1v) is 7.30. The summed E-state index contributed by atoms with van der Waals surface area (Å²) in [5.41, 5.74) is 5.55. The van der Waals surface area contributed by atoms with Crippen molar-refractivity contribution in [1.29, 1.82) is 0 Å². The first kappa shape index (κ1) is 14.9. The lowest BCUT2D eigenvalue weighted by Gasteiger charge is -2.34. The Morgan fingerprint density at radius 2 is 2.29 bits per heavy atom. The summed E-state index contributed by atoms with van der Waals surface area (Å²) < 4.78 is 5.86. The lowest BCUT2D eigenvalue weighted by atomic mass is 10.0. The Morgan fingerprint density at radius 1 is 1.47 bits per heavy atom. The summed E-state index contributed by atoms with van der Waals surface area (Å²) in [6, 6.07) is 0. The normalized spacial score (nSPS) is 23.8. The van der Waals surface area contributed by atoms with E-state index in [0.29, 0.717) is 6.10 Å². The van der Waals surface area contributed by atoms with E-state index in [4.69, 9.17) is 10.5 Å². The summed E-state index contributed by atoms with van der Waals surface area (Å²) in [4.78, 5) is 2.57. The lowest BCUT2D eigenvalue weighted by molar-refractivity contribution is -0.00355.